The first-order valence-electron chi connectivity index (χ1n) is 8.89. The lowest BCUT2D eigenvalue weighted by Crippen LogP contribution is -2.63. The lowest BCUT2D eigenvalue weighted by molar-refractivity contribution is -0.138. The fourth-order valence-electron chi connectivity index (χ4n) is 4.16. The van der Waals surface area contributed by atoms with E-state index in [0.717, 1.165) is 24.8 Å². The van der Waals surface area contributed by atoms with Crippen LogP contribution in [0.2, 0.25) is 0 Å². The number of aromatic nitrogens is 1. The Balaban J connectivity index is 1.45. The standard InChI is InChI=1S/C17H23N5OS/c18-12-20-9-14-10-21(6-7-22(14)16(23)11-20)17-19-8-15(24-17)13-4-2-1-3-5-13/h8,13-14H,1-7,9-11H2/t14-/m1/s1. The molecule has 1 aromatic rings. The number of thiazole rings is 1. The topological polar surface area (TPSA) is 63.5 Å². The van der Waals surface area contributed by atoms with Crippen molar-refractivity contribution in [1.29, 1.82) is 5.26 Å². The number of carbonyl (C=O) groups excluding carboxylic acids is 1. The predicted molar refractivity (Wildman–Crippen MR) is 92.8 cm³/mol. The van der Waals surface area contributed by atoms with Crippen LogP contribution in [-0.2, 0) is 4.79 Å². The number of hydrogen-bond donors (Lipinski definition) is 0. The zero-order valence-corrected chi connectivity index (χ0v) is 14.7. The third kappa shape index (κ3) is 2.95. The number of hydrogen-bond acceptors (Lipinski definition) is 6. The highest BCUT2D eigenvalue weighted by atomic mass is 32.1. The van der Waals surface area contributed by atoms with Gasteiger partial charge in [0.15, 0.2) is 11.3 Å². The van der Waals surface area contributed by atoms with Crippen molar-refractivity contribution >= 4 is 22.4 Å². The first-order chi connectivity index (χ1) is 11.7. The molecule has 3 aliphatic rings. The summed E-state index contributed by atoms with van der Waals surface area (Å²) >= 11 is 1.83. The molecule has 4 rings (SSSR count). The number of rotatable bonds is 2. The fraction of sp³-hybridized carbons (Fsp3) is 0.706. The van der Waals surface area contributed by atoms with Gasteiger partial charge in [-0.3, -0.25) is 9.69 Å². The van der Waals surface area contributed by atoms with Gasteiger partial charge >= 0.3 is 0 Å². The minimum Gasteiger partial charge on any atom is -0.344 e. The quantitative estimate of drug-likeness (QED) is 0.767. The molecule has 0 N–H and O–H groups in total. The molecule has 3 heterocycles. The van der Waals surface area contributed by atoms with Gasteiger partial charge in [0.1, 0.15) is 6.54 Å². The lowest BCUT2D eigenvalue weighted by atomic mass is 9.89. The Morgan fingerprint density at radius 3 is 2.83 bits per heavy atom. The Morgan fingerprint density at radius 2 is 2.04 bits per heavy atom. The van der Waals surface area contributed by atoms with Crippen molar-refractivity contribution in [2.75, 3.05) is 37.6 Å². The van der Waals surface area contributed by atoms with E-state index in [4.69, 9.17) is 5.26 Å². The van der Waals surface area contributed by atoms with Gasteiger partial charge in [-0.1, -0.05) is 19.3 Å². The molecule has 1 aliphatic carbocycles. The molecule has 0 spiro atoms. The van der Waals surface area contributed by atoms with Gasteiger partial charge in [-0.05, 0) is 18.8 Å². The maximum absolute atomic E-state index is 12.2. The van der Waals surface area contributed by atoms with Crippen LogP contribution in [0.1, 0.15) is 42.9 Å². The smallest absolute Gasteiger partial charge is 0.243 e. The number of nitriles is 1. The van der Waals surface area contributed by atoms with Gasteiger partial charge in [-0.2, -0.15) is 5.26 Å². The van der Waals surface area contributed by atoms with Gasteiger partial charge in [-0.15, -0.1) is 11.3 Å². The Bertz CT molecular complexity index is 648. The van der Waals surface area contributed by atoms with E-state index < -0.39 is 0 Å². The molecular formula is C17H23N5OS. The zero-order valence-electron chi connectivity index (χ0n) is 13.9. The van der Waals surface area contributed by atoms with Crippen molar-refractivity contribution in [3.05, 3.63) is 11.1 Å². The monoisotopic (exact) mass is 345 g/mol. The molecule has 0 bridgehead atoms. The summed E-state index contributed by atoms with van der Waals surface area (Å²) in [5, 5.41) is 10.2. The largest absolute Gasteiger partial charge is 0.344 e. The molecule has 1 saturated carbocycles. The summed E-state index contributed by atoms with van der Waals surface area (Å²) in [5.74, 6) is 0.770. The number of anilines is 1. The van der Waals surface area contributed by atoms with Crippen LogP contribution in [0.4, 0.5) is 5.13 Å². The second-order valence-corrected chi connectivity index (χ2v) is 8.09. The number of fused-ring (bicyclic) bond motifs is 1. The average Bonchev–Trinajstić information content (AvgIpc) is 3.12. The van der Waals surface area contributed by atoms with E-state index in [1.807, 2.05) is 16.2 Å². The van der Waals surface area contributed by atoms with Crippen LogP contribution in [0.3, 0.4) is 0 Å². The Hall–Kier alpha value is -1.81. The molecule has 1 atom stereocenters. The summed E-state index contributed by atoms with van der Waals surface area (Å²) in [7, 11) is 0. The highest BCUT2D eigenvalue weighted by Gasteiger charge is 2.37. The van der Waals surface area contributed by atoms with Gasteiger partial charge in [0.05, 0.1) is 12.6 Å². The Labute approximate surface area is 146 Å². The van der Waals surface area contributed by atoms with Crippen molar-refractivity contribution in [3.8, 4) is 6.19 Å². The van der Waals surface area contributed by atoms with Gasteiger partial charge in [0, 0.05) is 30.7 Å². The minimum absolute atomic E-state index is 0.0782. The predicted octanol–water partition coefficient (Wildman–Crippen LogP) is 2.00. The van der Waals surface area contributed by atoms with E-state index in [9.17, 15) is 4.79 Å². The van der Waals surface area contributed by atoms with Gasteiger partial charge in [-0.25, -0.2) is 4.98 Å². The molecule has 2 saturated heterocycles. The van der Waals surface area contributed by atoms with Crippen molar-refractivity contribution in [1.82, 2.24) is 14.8 Å². The maximum Gasteiger partial charge on any atom is 0.243 e. The van der Waals surface area contributed by atoms with E-state index in [1.54, 1.807) is 4.90 Å². The minimum atomic E-state index is 0.0782. The second-order valence-electron chi connectivity index (χ2n) is 7.05. The molecule has 2 aliphatic heterocycles. The highest BCUT2D eigenvalue weighted by Crippen LogP contribution is 2.38. The SMILES string of the molecule is N#CN1CC(=O)N2CCN(c3ncc(C4CCCCC4)s3)C[C@H]2C1. The van der Waals surface area contributed by atoms with Crippen LogP contribution in [0, 0.1) is 11.5 Å². The van der Waals surface area contributed by atoms with E-state index in [2.05, 4.69) is 22.3 Å². The van der Waals surface area contributed by atoms with Crippen LogP contribution in [-0.4, -0.2) is 59.5 Å². The molecule has 0 radical (unpaired) electrons. The molecule has 3 fully saturated rings. The third-order valence-electron chi connectivity index (χ3n) is 5.49. The summed E-state index contributed by atoms with van der Waals surface area (Å²) in [5.41, 5.74) is 0. The number of amides is 1. The molecule has 0 aromatic carbocycles. The number of nitrogens with zero attached hydrogens (tertiary/aromatic N) is 5. The van der Waals surface area contributed by atoms with Crippen molar-refractivity contribution in [2.45, 2.75) is 44.1 Å². The zero-order chi connectivity index (χ0) is 16.5. The Kier molecular flexibility index (Phi) is 4.31. The highest BCUT2D eigenvalue weighted by molar-refractivity contribution is 7.15. The first-order valence-corrected chi connectivity index (χ1v) is 9.71. The second kappa shape index (κ2) is 6.60. The maximum atomic E-state index is 12.2. The average molecular weight is 345 g/mol. The Morgan fingerprint density at radius 1 is 1.21 bits per heavy atom. The summed E-state index contributed by atoms with van der Waals surface area (Å²) in [4.78, 5) is 24.1. The van der Waals surface area contributed by atoms with Crippen LogP contribution < -0.4 is 4.90 Å². The van der Waals surface area contributed by atoms with Crippen LogP contribution >= 0.6 is 11.3 Å². The first kappa shape index (κ1) is 15.7. The molecule has 1 amide bonds. The van der Waals surface area contributed by atoms with E-state index in [1.165, 1.54) is 37.0 Å². The number of carbonyl (C=O) groups is 1. The van der Waals surface area contributed by atoms with E-state index in [0.29, 0.717) is 12.5 Å². The van der Waals surface area contributed by atoms with Crippen molar-refractivity contribution < 1.29 is 4.79 Å². The number of piperazine rings is 2. The lowest BCUT2D eigenvalue weighted by Gasteiger charge is -2.45. The van der Waals surface area contributed by atoms with Gasteiger partial charge < -0.3 is 9.80 Å². The van der Waals surface area contributed by atoms with Crippen LogP contribution in [0.15, 0.2) is 6.20 Å². The summed E-state index contributed by atoms with van der Waals surface area (Å²) in [6, 6.07) is 0.0988. The normalized spacial score (nSPS) is 25.5. The van der Waals surface area contributed by atoms with Crippen LogP contribution in [0.5, 0.6) is 0 Å². The van der Waals surface area contributed by atoms with Gasteiger partial charge in [0.25, 0.3) is 0 Å². The third-order valence-corrected chi connectivity index (χ3v) is 6.71. The van der Waals surface area contributed by atoms with Crippen molar-refractivity contribution in [3.63, 3.8) is 0 Å². The van der Waals surface area contributed by atoms with Crippen LogP contribution in [0.25, 0.3) is 0 Å². The fourth-order valence-corrected chi connectivity index (χ4v) is 5.28. The van der Waals surface area contributed by atoms with Gasteiger partial charge in [0.2, 0.25) is 5.91 Å². The molecule has 7 heteroatoms. The molecule has 1 aromatic heterocycles. The molecule has 0 unspecified atom stereocenters. The molecular weight excluding hydrogens is 322 g/mol. The molecule has 24 heavy (non-hydrogen) atoms. The van der Waals surface area contributed by atoms with E-state index in [-0.39, 0.29) is 18.5 Å². The summed E-state index contributed by atoms with van der Waals surface area (Å²) < 4.78 is 0. The van der Waals surface area contributed by atoms with Crippen molar-refractivity contribution in [2.24, 2.45) is 0 Å². The van der Waals surface area contributed by atoms with E-state index >= 15 is 0 Å². The summed E-state index contributed by atoms with van der Waals surface area (Å²) in [6.45, 7) is 3.23. The molecule has 128 valence electrons. The molecule has 6 nitrogen and oxygen atoms in total. The summed E-state index contributed by atoms with van der Waals surface area (Å²) in [6.07, 6.45) is 10.8.